The summed E-state index contributed by atoms with van der Waals surface area (Å²) < 4.78 is 6.14. The minimum atomic E-state index is -0.575. The van der Waals surface area contributed by atoms with Gasteiger partial charge in [-0.15, -0.1) is 0 Å². The Hall–Kier alpha value is -2.67. The van der Waals surface area contributed by atoms with Crippen LogP contribution in [0.5, 0.6) is 0 Å². The van der Waals surface area contributed by atoms with Gasteiger partial charge in [-0.25, -0.2) is 0 Å². The van der Waals surface area contributed by atoms with Gasteiger partial charge in [0.25, 0.3) is 5.91 Å². The van der Waals surface area contributed by atoms with Crippen LogP contribution in [0.4, 0.5) is 11.4 Å². The summed E-state index contributed by atoms with van der Waals surface area (Å²) in [6, 6.07) is 13.3. The molecule has 0 radical (unpaired) electrons. The SMILES string of the molecule is CCc1cc(Br)ccc1NC(=O)COC(=O)[C@@H]1CC(=O)N(c2ccccc2CC)C1. The lowest BCUT2D eigenvalue weighted by molar-refractivity contribution is -0.151. The lowest BCUT2D eigenvalue weighted by Gasteiger charge is -2.19. The van der Waals surface area contributed by atoms with Crippen molar-refractivity contribution in [2.45, 2.75) is 33.1 Å². The fraction of sp³-hybridized carbons (Fsp3) is 0.348. The summed E-state index contributed by atoms with van der Waals surface area (Å²) in [7, 11) is 0. The summed E-state index contributed by atoms with van der Waals surface area (Å²) >= 11 is 3.41. The quantitative estimate of drug-likeness (QED) is 0.615. The number of esters is 1. The molecular formula is C23H25BrN2O4. The molecule has 3 rings (SSSR count). The lowest BCUT2D eigenvalue weighted by atomic mass is 10.1. The van der Waals surface area contributed by atoms with Crippen LogP contribution in [-0.4, -0.2) is 30.9 Å². The Morgan fingerprint density at radius 3 is 2.60 bits per heavy atom. The maximum Gasteiger partial charge on any atom is 0.311 e. The van der Waals surface area contributed by atoms with Crippen molar-refractivity contribution in [3.63, 3.8) is 0 Å². The van der Waals surface area contributed by atoms with E-state index < -0.39 is 17.8 Å². The molecule has 158 valence electrons. The minimum absolute atomic E-state index is 0.0885. The molecule has 1 N–H and O–H groups in total. The molecular weight excluding hydrogens is 448 g/mol. The van der Waals surface area contributed by atoms with Crippen LogP contribution in [-0.2, 0) is 32.0 Å². The number of rotatable bonds is 7. The van der Waals surface area contributed by atoms with Crippen LogP contribution in [0, 0.1) is 5.92 Å². The third-order valence-corrected chi connectivity index (χ3v) is 5.68. The van der Waals surface area contributed by atoms with E-state index in [1.807, 2.05) is 50.2 Å². The number of aryl methyl sites for hydroxylation is 2. The first-order chi connectivity index (χ1) is 14.4. The number of hydrogen-bond acceptors (Lipinski definition) is 4. The molecule has 2 aromatic carbocycles. The van der Waals surface area contributed by atoms with Crippen molar-refractivity contribution in [2.24, 2.45) is 5.92 Å². The van der Waals surface area contributed by atoms with E-state index in [9.17, 15) is 14.4 Å². The third kappa shape index (κ3) is 5.08. The second kappa shape index (κ2) is 9.89. The molecule has 1 aliphatic heterocycles. The molecule has 1 fully saturated rings. The van der Waals surface area contributed by atoms with Gasteiger partial charge in [-0.1, -0.05) is 48.0 Å². The average Bonchev–Trinajstić information content (AvgIpc) is 3.14. The second-order valence-corrected chi connectivity index (χ2v) is 8.11. The first kappa shape index (κ1) is 22.0. The van der Waals surface area contributed by atoms with E-state index in [1.54, 1.807) is 11.0 Å². The fourth-order valence-corrected chi connectivity index (χ4v) is 4.00. The molecule has 6 nitrogen and oxygen atoms in total. The Balaban J connectivity index is 1.57. The van der Waals surface area contributed by atoms with Crippen LogP contribution in [0.3, 0.4) is 0 Å². The van der Waals surface area contributed by atoms with Gasteiger partial charge >= 0.3 is 5.97 Å². The van der Waals surface area contributed by atoms with E-state index in [1.165, 1.54) is 0 Å². The lowest BCUT2D eigenvalue weighted by Crippen LogP contribution is -2.28. The van der Waals surface area contributed by atoms with Gasteiger partial charge in [0.05, 0.1) is 5.92 Å². The van der Waals surface area contributed by atoms with E-state index in [4.69, 9.17) is 4.74 Å². The standard InChI is InChI=1S/C23H25BrN2O4/c1-3-15-7-5-6-8-20(15)26-13-17(12-22(26)28)23(29)30-14-21(27)25-19-10-9-18(24)11-16(19)4-2/h5-11,17H,3-4,12-14H2,1-2H3,(H,25,27)/t17-/m1/s1. The molecule has 0 saturated carbocycles. The molecule has 2 aromatic rings. The van der Waals surface area contributed by atoms with E-state index >= 15 is 0 Å². The fourth-order valence-electron chi connectivity index (χ4n) is 3.59. The number of carbonyl (C=O) groups excluding carboxylic acids is 3. The topological polar surface area (TPSA) is 75.7 Å². The first-order valence-corrected chi connectivity index (χ1v) is 10.8. The molecule has 1 aliphatic rings. The van der Waals surface area contributed by atoms with Crippen molar-refractivity contribution in [1.29, 1.82) is 0 Å². The molecule has 2 amide bonds. The summed E-state index contributed by atoms with van der Waals surface area (Å²) in [6.07, 6.45) is 1.64. The van der Waals surface area contributed by atoms with Crippen LogP contribution < -0.4 is 10.2 Å². The zero-order chi connectivity index (χ0) is 21.7. The van der Waals surface area contributed by atoms with Crippen LogP contribution in [0.1, 0.15) is 31.4 Å². The maximum absolute atomic E-state index is 12.5. The number of para-hydroxylation sites is 1. The molecule has 0 unspecified atom stereocenters. The molecule has 7 heteroatoms. The predicted octanol–water partition coefficient (Wildman–Crippen LogP) is 4.11. The molecule has 0 aliphatic carbocycles. The molecule has 1 heterocycles. The molecule has 1 saturated heterocycles. The average molecular weight is 473 g/mol. The predicted molar refractivity (Wildman–Crippen MR) is 119 cm³/mol. The van der Waals surface area contributed by atoms with Gasteiger partial charge in [-0.2, -0.15) is 0 Å². The highest BCUT2D eigenvalue weighted by atomic mass is 79.9. The van der Waals surface area contributed by atoms with Gasteiger partial charge in [0.15, 0.2) is 6.61 Å². The number of amides is 2. The van der Waals surface area contributed by atoms with E-state index in [2.05, 4.69) is 21.2 Å². The largest absolute Gasteiger partial charge is 0.455 e. The number of nitrogens with one attached hydrogen (secondary N) is 1. The number of anilines is 2. The smallest absolute Gasteiger partial charge is 0.311 e. The van der Waals surface area contributed by atoms with Gasteiger partial charge in [-0.05, 0) is 48.2 Å². The van der Waals surface area contributed by atoms with Gasteiger partial charge in [0, 0.05) is 28.8 Å². The summed E-state index contributed by atoms with van der Waals surface area (Å²) in [5.41, 5.74) is 3.57. The normalized spacial score (nSPS) is 15.9. The molecule has 0 bridgehead atoms. The van der Waals surface area contributed by atoms with Gasteiger partial charge in [-0.3, -0.25) is 14.4 Å². The molecule has 0 spiro atoms. The van der Waals surface area contributed by atoms with Crippen LogP contribution in [0.15, 0.2) is 46.9 Å². The summed E-state index contributed by atoms with van der Waals surface area (Å²) in [6.45, 7) is 3.91. The second-order valence-electron chi connectivity index (χ2n) is 7.20. The molecule has 1 atom stereocenters. The highest BCUT2D eigenvalue weighted by molar-refractivity contribution is 9.10. The Bertz CT molecular complexity index is 960. The number of hydrogen-bond donors (Lipinski definition) is 1. The van der Waals surface area contributed by atoms with Gasteiger partial charge in [0.1, 0.15) is 0 Å². The summed E-state index contributed by atoms with van der Waals surface area (Å²) in [5, 5.41) is 2.78. The number of carbonyl (C=O) groups is 3. The first-order valence-electron chi connectivity index (χ1n) is 10.1. The van der Waals surface area contributed by atoms with Crippen molar-refractivity contribution in [1.82, 2.24) is 0 Å². The van der Waals surface area contributed by atoms with E-state index in [-0.39, 0.29) is 25.5 Å². The van der Waals surface area contributed by atoms with Crippen molar-refractivity contribution in [3.05, 3.63) is 58.1 Å². The zero-order valence-corrected chi connectivity index (χ0v) is 18.7. The Morgan fingerprint density at radius 1 is 1.13 bits per heavy atom. The minimum Gasteiger partial charge on any atom is -0.455 e. The van der Waals surface area contributed by atoms with E-state index in [0.717, 1.165) is 34.1 Å². The van der Waals surface area contributed by atoms with Crippen molar-refractivity contribution >= 4 is 45.1 Å². The number of benzene rings is 2. The van der Waals surface area contributed by atoms with Crippen molar-refractivity contribution < 1.29 is 19.1 Å². The van der Waals surface area contributed by atoms with Crippen LogP contribution in [0.2, 0.25) is 0 Å². The van der Waals surface area contributed by atoms with E-state index in [0.29, 0.717) is 5.69 Å². The number of halogens is 1. The monoisotopic (exact) mass is 472 g/mol. The van der Waals surface area contributed by atoms with Gasteiger partial charge < -0.3 is 15.0 Å². The van der Waals surface area contributed by atoms with Crippen molar-refractivity contribution in [2.75, 3.05) is 23.4 Å². The Kier molecular flexibility index (Phi) is 7.26. The third-order valence-electron chi connectivity index (χ3n) is 5.19. The zero-order valence-electron chi connectivity index (χ0n) is 17.1. The molecule has 30 heavy (non-hydrogen) atoms. The Morgan fingerprint density at radius 2 is 1.87 bits per heavy atom. The molecule has 0 aromatic heterocycles. The van der Waals surface area contributed by atoms with Gasteiger partial charge in [0.2, 0.25) is 5.91 Å². The Labute approximate surface area is 184 Å². The van der Waals surface area contributed by atoms with Crippen LogP contribution >= 0.6 is 15.9 Å². The highest BCUT2D eigenvalue weighted by Crippen LogP contribution is 2.29. The highest BCUT2D eigenvalue weighted by Gasteiger charge is 2.37. The number of nitrogens with zero attached hydrogens (tertiary/aromatic N) is 1. The maximum atomic E-state index is 12.5. The summed E-state index contributed by atoms with van der Waals surface area (Å²) in [4.78, 5) is 38.8. The summed E-state index contributed by atoms with van der Waals surface area (Å²) in [5.74, 6) is -1.61. The van der Waals surface area contributed by atoms with Crippen LogP contribution in [0.25, 0.3) is 0 Å². The number of ether oxygens (including phenoxy) is 1. The van der Waals surface area contributed by atoms with Crippen molar-refractivity contribution in [3.8, 4) is 0 Å².